The van der Waals surface area contributed by atoms with E-state index >= 15 is 0 Å². The van der Waals surface area contributed by atoms with Crippen molar-refractivity contribution in [3.05, 3.63) is 59.8 Å². The van der Waals surface area contributed by atoms with Crippen molar-refractivity contribution < 1.29 is 24.2 Å². The van der Waals surface area contributed by atoms with E-state index in [1.54, 1.807) is 18.2 Å². The van der Waals surface area contributed by atoms with Crippen LogP contribution in [0, 0.1) is 0 Å². The molecule has 0 aromatic heterocycles. The molecular formula is C24H25N3O5. The van der Waals surface area contributed by atoms with E-state index in [9.17, 15) is 14.7 Å². The van der Waals surface area contributed by atoms with Crippen LogP contribution < -0.4 is 14.4 Å². The molecule has 5 rings (SSSR count). The Kier molecular flexibility index (Phi) is 5.55. The first-order chi connectivity index (χ1) is 15.7. The molecular weight excluding hydrogens is 410 g/mol. The summed E-state index contributed by atoms with van der Waals surface area (Å²) in [5.74, 6) is 0.462. The van der Waals surface area contributed by atoms with E-state index in [0.717, 1.165) is 18.7 Å². The molecule has 0 spiro atoms. The third-order valence-corrected chi connectivity index (χ3v) is 6.01. The van der Waals surface area contributed by atoms with E-state index in [4.69, 9.17) is 9.47 Å². The Bertz CT molecular complexity index is 1060. The quantitative estimate of drug-likeness (QED) is 0.710. The maximum atomic E-state index is 13.7. The molecule has 8 nitrogen and oxygen atoms in total. The molecule has 0 bridgehead atoms. The van der Waals surface area contributed by atoms with Crippen LogP contribution in [0.15, 0.2) is 54.2 Å². The van der Waals surface area contributed by atoms with E-state index in [-0.39, 0.29) is 18.4 Å². The fourth-order valence-electron chi connectivity index (χ4n) is 4.42. The third-order valence-electron chi connectivity index (χ3n) is 6.01. The first kappa shape index (κ1) is 20.5. The maximum Gasteiger partial charge on any atom is 0.282 e. The van der Waals surface area contributed by atoms with E-state index < -0.39 is 0 Å². The number of rotatable bonds is 5. The summed E-state index contributed by atoms with van der Waals surface area (Å²) < 4.78 is 11.2. The van der Waals surface area contributed by atoms with Crippen LogP contribution in [0.2, 0.25) is 0 Å². The second-order valence-corrected chi connectivity index (χ2v) is 7.92. The van der Waals surface area contributed by atoms with Crippen molar-refractivity contribution in [3.8, 4) is 11.5 Å². The number of piperazine rings is 1. The number of carbonyl (C=O) groups is 2. The number of carbonyl (C=O) groups excluding carboxylic acids is 2. The van der Waals surface area contributed by atoms with Crippen LogP contribution >= 0.6 is 0 Å². The number of aliphatic hydroxyl groups is 1. The number of hydrogen-bond donors (Lipinski definition) is 1. The highest BCUT2D eigenvalue weighted by Crippen LogP contribution is 2.39. The number of β-amino-alcohol motifs (C(OH)–C–C–N with tert-alkyl or cyclic N) is 1. The normalized spacial score (nSPS) is 19.2. The predicted molar refractivity (Wildman–Crippen MR) is 118 cm³/mol. The molecule has 0 atom stereocenters. The van der Waals surface area contributed by atoms with Crippen LogP contribution in [-0.2, 0) is 9.59 Å². The highest BCUT2D eigenvalue weighted by atomic mass is 16.6. The van der Waals surface area contributed by atoms with Crippen molar-refractivity contribution in [1.29, 1.82) is 0 Å². The van der Waals surface area contributed by atoms with Crippen LogP contribution in [0.25, 0.3) is 5.57 Å². The number of ether oxygens (including phenoxy) is 2. The molecule has 2 amide bonds. The van der Waals surface area contributed by atoms with Gasteiger partial charge in [-0.25, -0.2) is 4.90 Å². The Balaban J connectivity index is 1.51. The van der Waals surface area contributed by atoms with Crippen LogP contribution in [0.5, 0.6) is 11.5 Å². The highest BCUT2D eigenvalue weighted by Gasteiger charge is 2.43. The number of imide groups is 1. The summed E-state index contributed by atoms with van der Waals surface area (Å²) in [6.45, 7) is 4.27. The zero-order valence-electron chi connectivity index (χ0n) is 17.7. The zero-order chi connectivity index (χ0) is 22.1. The van der Waals surface area contributed by atoms with Crippen LogP contribution in [0.4, 0.5) is 5.69 Å². The molecule has 0 radical (unpaired) electrons. The fourth-order valence-corrected chi connectivity index (χ4v) is 4.42. The van der Waals surface area contributed by atoms with Crippen molar-refractivity contribution in [2.24, 2.45) is 0 Å². The lowest BCUT2D eigenvalue weighted by Crippen LogP contribution is -2.48. The Morgan fingerprint density at radius 3 is 2.28 bits per heavy atom. The van der Waals surface area contributed by atoms with Crippen molar-refractivity contribution in [2.75, 3.05) is 57.4 Å². The number of benzene rings is 2. The van der Waals surface area contributed by atoms with E-state index in [0.29, 0.717) is 61.3 Å². The molecule has 2 aromatic rings. The van der Waals surface area contributed by atoms with Gasteiger partial charge in [0.15, 0.2) is 11.5 Å². The standard InChI is InChI=1S/C24H25N3O5/c28-13-12-25-8-10-26(11-9-25)22-21(17-4-2-1-3-5-17)23(29)27(24(22)30)18-6-7-19-20(16-18)32-15-14-31-19/h1-7,16,28H,8-15H2. The monoisotopic (exact) mass is 435 g/mol. The minimum absolute atomic E-state index is 0.104. The van der Waals surface area contributed by atoms with Gasteiger partial charge >= 0.3 is 0 Å². The molecule has 1 saturated heterocycles. The fraction of sp³-hybridized carbons (Fsp3) is 0.333. The van der Waals surface area contributed by atoms with Gasteiger partial charge in [0, 0.05) is 38.8 Å². The summed E-state index contributed by atoms with van der Waals surface area (Å²) in [6.07, 6.45) is 0. The first-order valence-corrected chi connectivity index (χ1v) is 10.8. The lowest BCUT2D eigenvalue weighted by molar-refractivity contribution is -0.120. The number of aliphatic hydroxyl groups excluding tert-OH is 1. The molecule has 3 aliphatic rings. The van der Waals surface area contributed by atoms with Gasteiger partial charge in [0.1, 0.15) is 18.9 Å². The molecule has 8 heteroatoms. The lowest BCUT2D eigenvalue weighted by atomic mass is 10.0. The number of amides is 2. The largest absolute Gasteiger partial charge is 0.486 e. The molecule has 1 N–H and O–H groups in total. The predicted octanol–water partition coefficient (Wildman–Crippen LogP) is 1.35. The van der Waals surface area contributed by atoms with E-state index in [1.165, 1.54) is 4.90 Å². The van der Waals surface area contributed by atoms with Crippen LogP contribution in [0.3, 0.4) is 0 Å². The summed E-state index contributed by atoms with van der Waals surface area (Å²) in [5.41, 5.74) is 2.03. The average molecular weight is 435 g/mol. The van der Waals surface area contributed by atoms with Gasteiger partial charge in [0.2, 0.25) is 0 Å². The van der Waals surface area contributed by atoms with Gasteiger partial charge in [-0.2, -0.15) is 0 Å². The van der Waals surface area contributed by atoms with E-state index in [2.05, 4.69) is 4.90 Å². The molecule has 1 fully saturated rings. The molecule has 0 aliphatic carbocycles. The van der Waals surface area contributed by atoms with Crippen molar-refractivity contribution in [1.82, 2.24) is 9.80 Å². The summed E-state index contributed by atoms with van der Waals surface area (Å²) in [7, 11) is 0. The van der Waals surface area contributed by atoms with Gasteiger partial charge < -0.3 is 19.5 Å². The summed E-state index contributed by atoms with van der Waals surface area (Å²) in [5, 5.41) is 9.22. The summed E-state index contributed by atoms with van der Waals surface area (Å²) in [6, 6.07) is 14.5. The van der Waals surface area contributed by atoms with Crippen molar-refractivity contribution >= 4 is 23.1 Å². The number of nitrogens with zero attached hydrogens (tertiary/aromatic N) is 3. The molecule has 0 saturated carbocycles. The number of fused-ring (bicyclic) bond motifs is 1. The molecule has 0 unspecified atom stereocenters. The smallest absolute Gasteiger partial charge is 0.282 e. The van der Waals surface area contributed by atoms with Crippen molar-refractivity contribution in [2.45, 2.75) is 0 Å². The first-order valence-electron chi connectivity index (χ1n) is 10.8. The van der Waals surface area contributed by atoms with Gasteiger partial charge in [-0.3, -0.25) is 14.5 Å². The lowest BCUT2D eigenvalue weighted by Gasteiger charge is -2.36. The second-order valence-electron chi connectivity index (χ2n) is 7.92. The molecule has 32 heavy (non-hydrogen) atoms. The summed E-state index contributed by atoms with van der Waals surface area (Å²) in [4.78, 5) is 32.6. The number of hydrogen-bond acceptors (Lipinski definition) is 7. The Morgan fingerprint density at radius 2 is 1.56 bits per heavy atom. The minimum Gasteiger partial charge on any atom is -0.486 e. The van der Waals surface area contributed by atoms with Gasteiger partial charge in [-0.05, 0) is 17.7 Å². The third kappa shape index (κ3) is 3.61. The molecule has 166 valence electrons. The van der Waals surface area contributed by atoms with Crippen LogP contribution in [0.1, 0.15) is 5.56 Å². The van der Waals surface area contributed by atoms with E-state index in [1.807, 2.05) is 35.2 Å². The van der Waals surface area contributed by atoms with Gasteiger partial charge in [0.05, 0.1) is 17.9 Å². The number of anilines is 1. The Hall–Kier alpha value is -3.36. The van der Waals surface area contributed by atoms with Crippen molar-refractivity contribution in [3.63, 3.8) is 0 Å². The van der Waals surface area contributed by atoms with Crippen LogP contribution in [-0.4, -0.2) is 79.3 Å². The topological polar surface area (TPSA) is 82.6 Å². The molecule has 3 heterocycles. The zero-order valence-corrected chi connectivity index (χ0v) is 17.7. The Labute approximate surface area is 186 Å². The second kappa shape index (κ2) is 8.64. The van der Waals surface area contributed by atoms with Gasteiger partial charge in [-0.1, -0.05) is 30.3 Å². The molecule has 3 aliphatic heterocycles. The van der Waals surface area contributed by atoms with Gasteiger partial charge in [-0.15, -0.1) is 0 Å². The van der Waals surface area contributed by atoms with Gasteiger partial charge in [0.25, 0.3) is 11.8 Å². The highest BCUT2D eigenvalue weighted by molar-refractivity contribution is 6.45. The average Bonchev–Trinajstić information content (AvgIpc) is 3.10. The maximum absolute atomic E-state index is 13.7. The Morgan fingerprint density at radius 1 is 0.844 bits per heavy atom. The SMILES string of the molecule is O=C1C(c2ccccc2)=C(N2CCN(CCO)CC2)C(=O)N1c1ccc2c(c1)OCCO2. The molecule has 2 aromatic carbocycles. The minimum atomic E-state index is -0.342. The summed E-state index contributed by atoms with van der Waals surface area (Å²) >= 11 is 0.